The summed E-state index contributed by atoms with van der Waals surface area (Å²) < 4.78 is 11.2. The van der Waals surface area contributed by atoms with Crippen LogP contribution in [0.15, 0.2) is 0 Å². The highest BCUT2D eigenvalue weighted by molar-refractivity contribution is 5.76. The van der Waals surface area contributed by atoms with Crippen molar-refractivity contribution in [1.82, 2.24) is 5.32 Å². The average molecular weight is 914 g/mol. The number of aliphatic hydroxyl groups excluding tert-OH is 6. The Morgan fingerprint density at radius 3 is 1.16 bits per heavy atom. The number of amides is 1. The van der Waals surface area contributed by atoms with Crippen LogP contribution in [0.25, 0.3) is 0 Å². The molecule has 0 aromatic heterocycles. The third-order valence-corrected chi connectivity index (χ3v) is 13.8. The molecule has 1 amide bonds. The van der Waals surface area contributed by atoms with E-state index in [0.29, 0.717) is 6.42 Å². The van der Waals surface area contributed by atoms with E-state index in [1.807, 2.05) is 0 Å². The van der Waals surface area contributed by atoms with Crippen LogP contribution in [-0.2, 0) is 14.3 Å². The van der Waals surface area contributed by atoms with Crippen LogP contribution in [0.2, 0.25) is 0 Å². The topological polar surface area (TPSA) is 169 Å². The Morgan fingerprint density at radius 2 is 0.812 bits per heavy atom. The van der Waals surface area contributed by atoms with Crippen LogP contribution < -0.4 is 5.32 Å². The van der Waals surface area contributed by atoms with Gasteiger partial charge in [-0.2, -0.15) is 0 Å². The molecule has 0 bridgehead atoms. The van der Waals surface area contributed by atoms with Crippen molar-refractivity contribution >= 4 is 5.91 Å². The van der Waals surface area contributed by atoms with Crippen molar-refractivity contribution in [3.05, 3.63) is 0 Å². The molecule has 0 saturated carbocycles. The Morgan fingerprint density at radius 1 is 0.484 bits per heavy atom. The fourth-order valence-electron chi connectivity index (χ4n) is 9.32. The number of nitrogens with one attached hydrogen (secondary N) is 1. The molecule has 1 heterocycles. The van der Waals surface area contributed by atoms with Gasteiger partial charge in [0, 0.05) is 6.42 Å². The predicted octanol–water partition coefficient (Wildman–Crippen LogP) is 12.0. The Kier molecular flexibility index (Phi) is 42.7. The first-order valence-corrected chi connectivity index (χ1v) is 27.8. The summed E-state index contributed by atoms with van der Waals surface area (Å²) in [4.78, 5) is 13.0. The van der Waals surface area contributed by atoms with Crippen molar-refractivity contribution in [1.29, 1.82) is 0 Å². The average Bonchev–Trinajstić information content (AvgIpc) is 3.29. The Bertz CT molecular complexity index is 988. The number of carbonyl (C=O) groups is 1. The minimum atomic E-state index is -1.60. The van der Waals surface area contributed by atoms with E-state index in [4.69, 9.17) is 9.47 Å². The van der Waals surface area contributed by atoms with Crippen molar-refractivity contribution in [2.75, 3.05) is 13.2 Å². The highest BCUT2D eigenvalue weighted by Gasteiger charge is 2.44. The molecular weight excluding hydrogens is 807 g/mol. The van der Waals surface area contributed by atoms with Crippen molar-refractivity contribution in [2.45, 2.75) is 326 Å². The van der Waals surface area contributed by atoms with Gasteiger partial charge >= 0.3 is 0 Å². The fourth-order valence-corrected chi connectivity index (χ4v) is 9.32. The van der Waals surface area contributed by atoms with Gasteiger partial charge in [0.05, 0.1) is 25.4 Å². The van der Waals surface area contributed by atoms with E-state index in [2.05, 4.69) is 19.2 Å². The van der Waals surface area contributed by atoms with Gasteiger partial charge in [-0.25, -0.2) is 0 Å². The summed E-state index contributed by atoms with van der Waals surface area (Å²) in [6, 6.07) is -0.984. The molecule has 382 valence electrons. The maximum absolute atomic E-state index is 13.0. The van der Waals surface area contributed by atoms with Crippen molar-refractivity contribution < 1.29 is 44.9 Å². The third kappa shape index (κ3) is 33.6. The third-order valence-electron chi connectivity index (χ3n) is 13.8. The van der Waals surface area contributed by atoms with Crippen LogP contribution in [0, 0.1) is 0 Å². The van der Waals surface area contributed by atoms with E-state index < -0.39 is 55.6 Å². The molecular formula is C54H107NO9. The van der Waals surface area contributed by atoms with Crippen LogP contribution >= 0.6 is 0 Å². The highest BCUT2D eigenvalue weighted by atomic mass is 16.7. The number of rotatable bonds is 48. The van der Waals surface area contributed by atoms with Crippen molar-refractivity contribution in [2.24, 2.45) is 0 Å². The van der Waals surface area contributed by atoms with E-state index in [-0.39, 0.29) is 18.9 Å². The van der Waals surface area contributed by atoms with Gasteiger partial charge in [-0.1, -0.05) is 258 Å². The number of aliphatic hydroxyl groups is 6. The highest BCUT2D eigenvalue weighted by Crippen LogP contribution is 2.23. The van der Waals surface area contributed by atoms with Gasteiger partial charge in [0.1, 0.15) is 30.5 Å². The zero-order valence-corrected chi connectivity index (χ0v) is 41.9. The molecule has 0 aromatic rings. The quantitative estimate of drug-likeness (QED) is 0.0294. The number of unbranched alkanes of at least 4 members (excludes halogenated alkanes) is 37. The first-order valence-electron chi connectivity index (χ1n) is 27.8. The number of carbonyl (C=O) groups excluding carboxylic acids is 1. The molecule has 0 aliphatic carbocycles. The normalized spacial score (nSPS) is 20.4. The van der Waals surface area contributed by atoms with Gasteiger partial charge in [-0.05, 0) is 12.8 Å². The largest absolute Gasteiger partial charge is 0.394 e. The van der Waals surface area contributed by atoms with Crippen LogP contribution in [0.3, 0.4) is 0 Å². The first kappa shape index (κ1) is 61.2. The Hall–Kier alpha value is -0.850. The van der Waals surface area contributed by atoms with E-state index in [1.165, 1.54) is 205 Å². The summed E-state index contributed by atoms with van der Waals surface area (Å²) in [6.07, 6.45) is 41.6. The molecule has 10 heteroatoms. The van der Waals surface area contributed by atoms with Crippen LogP contribution in [0.1, 0.15) is 277 Å². The minimum Gasteiger partial charge on any atom is -0.394 e. The molecule has 1 fully saturated rings. The molecule has 1 rings (SSSR count). The van der Waals surface area contributed by atoms with Crippen LogP contribution in [-0.4, -0.2) is 98.7 Å². The molecule has 1 aliphatic rings. The fraction of sp³-hybridized carbons (Fsp3) is 0.981. The lowest BCUT2D eigenvalue weighted by atomic mass is 9.98. The molecule has 1 saturated heterocycles. The van der Waals surface area contributed by atoms with E-state index in [9.17, 15) is 35.4 Å². The maximum atomic E-state index is 13.0. The molecule has 1 aliphatic heterocycles. The maximum Gasteiger partial charge on any atom is 0.220 e. The molecule has 7 N–H and O–H groups in total. The lowest BCUT2D eigenvalue weighted by Gasteiger charge is -2.40. The molecule has 2 unspecified atom stereocenters. The van der Waals surface area contributed by atoms with Gasteiger partial charge in [0.2, 0.25) is 5.91 Å². The molecule has 64 heavy (non-hydrogen) atoms. The van der Waals surface area contributed by atoms with Crippen molar-refractivity contribution in [3.8, 4) is 0 Å². The summed E-state index contributed by atoms with van der Waals surface area (Å²) in [6.45, 7) is 3.61. The van der Waals surface area contributed by atoms with Gasteiger partial charge in [0.25, 0.3) is 0 Å². The lowest BCUT2D eigenvalue weighted by Crippen LogP contribution is -2.60. The first-order chi connectivity index (χ1) is 31.3. The van der Waals surface area contributed by atoms with Gasteiger partial charge in [-0.15, -0.1) is 0 Å². The second-order valence-corrected chi connectivity index (χ2v) is 19.9. The van der Waals surface area contributed by atoms with E-state index >= 15 is 0 Å². The van der Waals surface area contributed by atoms with Gasteiger partial charge in [0.15, 0.2) is 6.29 Å². The summed E-state index contributed by atoms with van der Waals surface area (Å²) in [7, 11) is 0. The summed E-state index contributed by atoms with van der Waals surface area (Å²) in [5.74, 6) is -0.253. The molecule has 10 nitrogen and oxygen atoms in total. The van der Waals surface area contributed by atoms with Crippen LogP contribution in [0.4, 0.5) is 0 Å². The van der Waals surface area contributed by atoms with E-state index in [0.717, 1.165) is 44.9 Å². The summed E-state index contributed by atoms with van der Waals surface area (Å²) in [5.41, 5.74) is 0. The second kappa shape index (κ2) is 44.6. The monoisotopic (exact) mass is 914 g/mol. The summed E-state index contributed by atoms with van der Waals surface area (Å²) >= 11 is 0. The second-order valence-electron chi connectivity index (χ2n) is 19.9. The lowest BCUT2D eigenvalue weighted by molar-refractivity contribution is -0.303. The zero-order valence-electron chi connectivity index (χ0n) is 41.9. The number of ether oxygens (including phenoxy) is 2. The standard InChI is InChI=1S/C54H107NO9/c1-3-5-7-9-11-13-14-15-16-17-18-19-20-21-22-23-24-25-26-27-28-29-30-31-32-33-35-37-39-41-43-49(58)55-46(45-63-54-53(62)52(61)51(60)48(44-56)64-54)50(59)47(57)42-40-38-36-34-12-10-8-6-4-2/h46-48,50-54,56-57,59-62H,3-45H2,1-2H3,(H,55,58)/t46-,47+,48+,50-,51+,52?,53?,54+/m0/s1. The van der Waals surface area contributed by atoms with E-state index in [1.54, 1.807) is 0 Å². The molecule has 0 aromatic carbocycles. The predicted molar refractivity (Wildman–Crippen MR) is 264 cm³/mol. The number of hydrogen-bond donors (Lipinski definition) is 7. The minimum absolute atomic E-state index is 0.253. The Balaban J connectivity index is 2.12. The molecule has 0 radical (unpaired) electrons. The molecule has 8 atom stereocenters. The van der Waals surface area contributed by atoms with Crippen molar-refractivity contribution in [3.63, 3.8) is 0 Å². The SMILES string of the molecule is CCCCCCCCCCCCCCCCCCCCCCCCCCCCCCCCC(=O)N[C@@H](CO[C@@H]1O[C@H](CO)[C@@H](O)C(O)C1O)[C@H](O)[C@H](O)CCCCCCCCCCC. The van der Waals surface area contributed by atoms with Gasteiger partial charge < -0.3 is 45.4 Å². The van der Waals surface area contributed by atoms with Crippen LogP contribution in [0.5, 0.6) is 0 Å². The van der Waals surface area contributed by atoms with Gasteiger partial charge in [-0.3, -0.25) is 4.79 Å². The summed E-state index contributed by atoms with van der Waals surface area (Å²) in [5, 5.41) is 65.2. The number of hydrogen-bond acceptors (Lipinski definition) is 9. The smallest absolute Gasteiger partial charge is 0.220 e. The Labute approximate surface area is 394 Å². The zero-order chi connectivity index (χ0) is 46.7. The molecule has 0 spiro atoms.